The molecule has 0 N–H and O–H groups in total. The lowest BCUT2D eigenvalue weighted by Gasteiger charge is -2.34. The second-order valence-corrected chi connectivity index (χ2v) is 9.82. The number of carbonyl (C=O) groups excluding carboxylic acids is 2. The van der Waals surface area contributed by atoms with Crippen molar-refractivity contribution in [2.75, 3.05) is 19.8 Å². The fourth-order valence-corrected chi connectivity index (χ4v) is 6.03. The minimum absolute atomic E-state index is 0.00957. The third-order valence-electron chi connectivity index (χ3n) is 7.79. The quantitative estimate of drug-likeness (QED) is 0.542. The van der Waals surface area contributed by atoms with Gasteiger partial charge >= 0.3 is 23.9 Å². The Labute approximate surface area is 215 Å². The van der Waals surface area contributed by atoms with Crippen molar-refractivity contribution in [2.24, 2.45) is 0 Å². The van der Waals surface area contributed by atoms with Crippen molar-refractivity contribution in [3.63, 3.8) is 0 Å². The Morgan fingerprint density at radius 1 is 1.08 bits per heavy atom. The van der Waals surface area contributed by atoms with E-state index in [4.69, 9.17) is 9.47 Å². The number of carbonyl (C=O) groups is 2. The first kappa shape index (κ1) is 26.1. The van der Waals surface area contributed by atoms with Crippen LogP contribution in [0.4, 0.5) is 18.0 Å². The van der Waals surface area contributed by atoms with Gasteiger partial charge in [0.2, 0.25) is 0 Å². The number of hydrogen-bond donors (Lipinski definition) is 0. The van der Waals surface area contributed by atoms with Crippen molar-refractivity contribution in [3.05, 3.63) is 67.5 Å². The lowest BCUT2D eigenvalue weighted by atomic mass is 9.90. The molecule has 2 aliphatic carbocycles. The molecule has 1 saturated heterocycles. The van der Waals surface area contributed by atoms with Gasteiger partial charge in [0.25, 0.3) is 5.56 Å². The van der Waals surface area contributed by atoms with Crippen LogP contribution in [0.25, 0.3) is 0 Å². The summed E-state index contributed by atoms with van der Waals surface area (Å²) in [6.45, 7) is 2.44. The Morgan fingerprint density at radius 2 is 1.79 bits per heavy atom. The summed E-state index contributed by atoms with van der Waals surface area (Å²) in [6, 6.07) is 2.42. The van der Waals surface area contributed by atoms with Crippen LogP contribution in [0.2, 0.25) is 0 Å². The monoisotopic (exact) mass is 535 g/mol. The molecule has 1 aromatic carbocycles. The van der Waals surface area contributed by atoms with Crippen molar-refractivity contribution in [3.8, 4) is 0 Å². The van der Waals surface area contributed by atoms with Crippen LogP contribution in [0.3, 0.4) is 0 Å². The van der Waals surface area contributed by atoms with Gasteiger partial charge in [-0.2, -0.15) is 13.2 Å². The number of esters is 1. The zero-order chi connectivity index (χ0) is 27.2. The van der Waals surface area contributed by atoms with Gasteiger partial charge in [-0.3, -0.25) is 13.9 Å². The van der Waals surface area contributed by atoms with Crippen molar-refractivity contribution >= 4 is 12.1 Å². The average Bonchev–Trinajstić information content (AvgIpc) is 3.50. The Bertz CT molecular complexity index is 1370. The second kappa shape index (κ2) is 9.95. The van der Waals surface area contributed by atoms with Crippen LogP contribution in [0.1, 0.15) is 78.2 Å². The minimum Gasteiger partial charge on any atom is -0.462 e. The third kappa shape index (κ3) is 4.49. The highest BCUT2D eigenvalue weighted by atomic mass is 19.4. The smallest absolute Gasteiger partial charge is 0.416 e. The van der Waals surface area contributed by atoms with Crippen molar-refractivity contribution in [1.29, 1.82) is 0 Å². The lowest BCUT2D eigenvalue weighted by Crippen LogP contribution is -2.47. The van der Waals surface area contributed by atoms with Gasteiger partial charge in [-0.15, -0.1) is 0 Å². The molecule has 1 amide bonds. The fourth-order valence-electron chi connectivity index (χ4n) is 6.03. The molecule has 0 radical (unpaired) electrons. The highest BCUT2D eigenvalue weighted by molar-refractivity contribution is 5.88. The maximum absolute atomic E-state index is 13.8. The van der Waals surface area contributed by atoms with E-state index in [-0.39, 0.29) is 54.3 Å². The van der Waals surface area contributed by atoms with Gasteiger partial charge in [0.15, 0.2) is 0 Å². The van der Waals surface area contributed by atoms with E-state index in [9.17, 15) is 32.3 Å². The number of amides is 1. The van der Waals surface area contributed by atoms with Crippen LogP contribution in [0, 0.1) is 0 Å². The van der Waals surface area contributed by atoms with Crippen LogP contribution < -0.4 is 11.2 Å². The number of fused-ring (bicyclic) bond motifs is 1. The number of halogens is 3. The fraction of sp³-hybridized carbons (Fsp3) is 0.538. The second-order valence-electron chi connectivity index (χ2n) is 9.82. The van der Waals surface area contributed by atoms with Crippen molar-refractivity contribution < 1.29 is 32.2 Å². The summed E-state index contributed by atoms with van der Waals surface area (Å²) in [6.07, 6.45) is -1.34. The molecule has 2 fully saturated rings. The maximum atomic E-state index is 13.8. The maximum Gasteiger partial charge on any atom is 0.416 e. The lowest BCUT2D eigenvalue weighted by molar-refractivity contribution is -0.138. The number of ether oxygens (including phenoxy) is 2. The molecule has 1 aromatic heterocycles. The number of cyclic esters (lactones) is 1. The Balaban J connectivity index is 1.55. The molecular formula is C26H28F3N3O6. The molecule has 5 rings (SSSR count). The van der Waals surface area contributed by atoms with E-state index in [2.05, 4.69) is 0 Å². The molecule has 204 valence electrons. The topological polar surface area (TPSA) is 99.8 Å². The Morgan fingerprint density at radius 3 is 2.42 bits per heavy atom. The molecule has 0 bridgehead atoms. The Hall–Kier alpha value is -3.57. The van der Waals surface area contributed by atoms with Gasteiger partial charge in [0.1, 0.15) is 12.2 Å². The highest BCUT2D eigenvalue weighted by Crippen LogP contribution is 2.41. The van der Waals surface area contributed by atoms with Gasteiger partial charge in [-0.1, -0.05) is 12.1 Å². The van der Waals surface area contributed by atoms with Gasteiger partial charge in [-0.05, 0) is 62.6 Å². The molecule has 9 nitrogen and oxygen atoms in total. The van der Waals surface area contributed by atoms with Gasteiger partial charge in [0.05, 0.1) is 24.8 Å². The summed E-state index contributed by atoms with van der Waals surface area (Å²) in [7, 11) is 0. The Kier molecular flexibility index (Phi) is 6.83. The van der Waals surface area contributed by atoms with E-state index in [1.165, 1.54) is 22.9 Å². The average molecular weight is 536 g/mol. The molecule has 1 aliphatic heterocycles. The van der Waals surface area contributed by atoms with Gasteiger partial charge in [0, 0.05) is 18.3 Å². The van der Waals surface area contributed by atoms with E-state index < -0.39 is 35.0 Å². The summed E-state index contributed by atoms with van der Waals surface area (Å²) in [5, 5.41) is 0. The number of alkyl halides is 3. The van der Waals surface area contributed by atoms with E-state index in [1.807, 2.05) is 0 Å². The predicted octanol–water partition coefficient (Wildman–Crippen LogP) is 3.68. The first-order valence-electron chi connectivity index (χ1n) is 12.8. The van der Waals surface area contributed by atoms with E-state index >= 15 is 0 Å². The number of benzene rings is 1. The van der Waals surface area contributed by atoms with Crippen molar-refractivity contribution in [2.45, 2.75) is 69.8 Å². The number of rotatable bonds is 5. The van der Waals surface area contributed by atoms with Gasteiger partial charge in [-0.25, -0.2) is 14.4 Å². The van der Waals surface area contributed by atoms with Crippen LogP contribution >= 0.6 is 0 Å². The van der Waals surface area contributed by atoms with Crippen LogP contribution in [0.5, 0.6) is 0 Å². The summed E-state index contributed by atoms with van der Waals surface area (Å²) in [5.74, 6) is -0.893. The summed E-state index contributed by atoms with van der Waals surface area (Å²) in [5.41, 5.74) is -2.37. The van der Waals surface area contributed by atoms with Crippen molar-refractivity contribution in [1.82, 2.24) is 14.0 Å². The molecular weight excluding hydrogens is 507 g/mol. The zero-order valence-electron chi connectivity index (χ0n) is 20.8. The molecule has 38 heavy (non-hydrogen) atoms. The first-order chi connectivity index (χ1) is 18.1. The first-order valence-corrected chi connectivity index (χ1v) is 12.8. The molecule has 2 heterocycles. The number of hydrogen-bond acceptors (Lipinski definition) is 6. The molecule has 3 aliphatic rings. The summed E-state index contributed by atoms with van der Waals surface area (Å²) in [4.78, 5) is 53.6. The summed E-state index contributed by atoms with van der Waals surface area (Å²) < 4.78 is 53.3. The molecule has 12 heteroatoms. The molecule has 2 aromatic rings. The van der Waals surface area contributed by atoms with Gasteiger partial charge < -0.3 is 14.4 Å². The summed E-state index contributed by atoms with van der Waals surface area (Å²) >= 11 is 0. The molecule has 1 atom stereocenters. The zero-order valence-corrected chi connectivity index (χ0v) is 20.8. The normalized spacial score (nSPS) is 23.3. The molecule has 1 saturated carbocycles. The minimum atomic E-state index is -4.57. The SMILES string of the molecule is CCOC(=O)c1cn([C@H]2CC[C@@H](N3CCOC3=O)CC2)c(=O)n(C2CCc3c2cccc3C(F)(F)F)c1=O. The van der Waals surface area contributed by atoms with E-state index in [0.717, 1.165) is 10.6 Å². The number of aromatic nitrogens is 2. The van der Waals surface area contributed by atoms with E-state index in [1.54, 1.807) is 11.8 Å². The molecule has 0 spiro atoms. The van der Waals surface area contributed by atoms with Crippen LogP contribution in [0.15, 0.2) is 34.0 Å². The van der Waals surface area contributed by atoms with E-state index in [0.29, 0.717) is 38.8 Å². The standard InChI is InChI=1S/C26H28F3N3O6/c1-2-37-23(34)19-14-31(16-8-6-15(7-9-16)30-12-13-38-25(30)36)24(35)32(22(19)33)21-11-10-17-18(21)4-3-5-20(17)26(27,28)29/h3-5,14-16,21H,2,6-13H2,1H3/t15-,16+,21?. The predicted molar refractivity (Wildman–Crippen MR) is 128 cm³/mol. The number of nitrogens with zero attached hydrogens (tertiary/aromatic N) is 3. The van der Waals surface area contributed by atoms with Crippen LogP contribution in [-0.2, 0) is 22.1 Å². The molecule has 1 unspecified atom stereocenters. The highest BCUT2D eigenvalue weighted by Gasteiger charge is 2.39. The largest absolute Gasteiger partial charge is 0.462 e. The van der Waals surface area contributed by atoms with Crippen LogP contribution in [-0.4, -0.2) is 51.9 Å². The third-order valence-corrected chi connectivity index (χ3v) is 7.79.